The number of methoxy groups -OCH3 is 2. The van der Waals surface area contributed by atoms with E-state index in [1.165, 1.54) is 60.1 Å². The van der Waals surface area contributed by atoms with Gasteiger partial charge in [-0.25, -0.2) is 0 Å². The van der Waals surface area contributed by atoms with Crippen LogP contribution in [-0.2, 0) is 82.4 Å². The molecule has 0 bridgehead atoms. The summed E-state index contributed by atoms with van der Waals surface area (Å²) in [6.07, 6.45) is -25.9. The lowest BCUT2D eigenvalue weighted by atomic mass is 9.75. The number of fused-ring (bicyclic) bond motifs is 2. The van der Waals surface area contributed by atoms with Crippen LogP contribution in [0.15, 0.2) is 18.2 Å². The molecule has 472 valence electrons. The van der Waals surface area contributed by atoms with Crippen LogP contribution < -0.4 is 4.74 Å². The van der Waals surface area contributed by atoms with Crippen molar-refractivity contribution in [1.29, 1.82) is 0 Å². The van der Waals surface area contributed by atoms with E-state index in [-0.39, 0.29) is 66.2 Å². The van der Waals surface area contributed by atoms with Gasteiger partial charge in [-0.3, -0.25) is 19.2 Å². The molecule has 0 amide bonds. The van der Waals surface area contributed by atoms with E-state index >= 15 is 4.79 Å². The average Bonchev–Trinajstić information content (AvgIpc) is 1.16. The number of Topliss-reactive ketones (excluding diaryl/α,β-unsaturated/α-hetero) is 2. The molecule has 0 aromatic heterocycles. The summed E-state index contributed by atoms with van der Waals surface area (Å²) in [5, 5.41) is 89.9. The maximum absolute atomic E-state index is 15.1. The highest BCUT2D eigenvalue weighted by atomic mass is 16.7. The lowest BCUT2D eigenvalue weighted by Gasteiger charge is -2.47. The highest BCUT2D eigenvalue weighted by molar-refractivity contribution is 6.11. The van der Waals surface area contributed by atoms with Gasteiger partial charge < -0.3 is 107 Å². The molecule has 0 radical (unpaired) electrons. The van der Waals surface area contributed by atoms with E-state index in [1.807, 2.05) is 0 Å². The maximum atomic E-state index is 15.1. The van der Waals surface area contributed by atoms with Crippen molar-refractivity contribution in [2.24, 2.45) is 11.8 Å². The molecule has 26 nitrogen and oxygen atoms in total. The molecule has 5 aliphatic heterocycles. The second kappa shape index (κ2) is 27.0. The second-order valence-electron chi connectivity index (χ2n) is 23.7. The van der Waals surface area contributed by atoms with Gasteiger partial charge in [0, 0.05) is 65.2 Å². The third-order valence-corrected chi connectivity index (χ3v) is 16.7. The molecular weight excluding hydrogens is 1110 g/mol. The minimum atomic E-state index is -1.96. The van der Waals surface area contributed by atoms with E-state index in [0.717, 1.165) is 0 Å². The van der Waals surface area contributed by atoms with Crippen LogP contribution in [0.5, 0.6) is 17.2 Å². The molecule has 8 rings (SSSR count). The predicted octanol–water partition coefficient (Wildman–Crippen LogP) is 1.87. The SMILES string of the molecule is CO[C@@H]1[C@H](O)C[C@@H](O[C@@H]2C[C@@H](Oc3cc(O)c4c(O)c5c(cc4c3)C[C@@H]([C@H](OC)C(=O)[C@@H](O)[C@@H](C)O)[C@H](O[C@H]3C[C@@H](O[C@H]4C[C@@H](O[C@H]6C[C@](C)(O)[C@@H](OC(=O)C(C)C)[C@H](C)O6)[C@H](O)[C@@H](C)O4)[C@H](O)[C@@H](C)O3)C5=O)O[C@H](C)[C@@H]2OC(C)=O)O[C@@H]1C. The van der Waals surface area contributed by atoms with Gasteiger partial charge in [-0.15, -0.1) is 0 Å². The van der Waals surface area contributed by atoms with Crippen molar-refractivity contribution in [3.8, 4) is 17.2 Å². The summed E-state index contributed by atoms with van der Waals surface area (Å²) in [5.74, 6) is -5.78. The first-order valence-corrected chi connectivity index (χ1v) is 28.7. The van der Waals surface area contributed by atoms with Gasteiger partial charge in [-0.05, 0) is 78.0 Å². The third kappa shape index (κ3) is 14.3. The van der Waals surface area contributed by atoms with Crippen LogP contribution in [0.1, 0.15) is 117 Å². The predicted molar refractivity (Wildman–Crippen MR) is 287 cm³/mol. The number of aliphatic hydroxyl groups is 6. The number of ketones is 2. The summed E-state index contributed by atoms with van der Waals surface area (Å²) in [6, 6.07) is 4.20. The normalized spacial score (nSPS) is 39.5. The largest absolute Gasteiger partial charge is 0.507 e. The summed E-state index contributed by atoms with van der Waals surface area (Å²) in [6.45, 7) is 15.4. The van der Waals surface area contributed by atoms with Crippen molar-refractivity contribution >= 4 is 34.3 Å². The number of phenolic OH excluding ortho intramolecular Hbond substituents is 2. The first-order chi connectivity index (χ1) is 39.5. The number of aromatic hydroxyl groups is 2. The first kappa shape index (κ1) is 65.7. The topological polar surface area (TPSA) is 359 Å². The molecule has 0 unspecified atom stereocenters. The Hall–Kier alpha value is -4.30. The summed E-state index contributed by atoms with van der Waals surface area (Å²) in [4.78, 5) is 53.8. The zero-order valence-electron chi connectivity index (χ0n) is 49.3. The average molecular weight is 1200 g/mol. The molecule has 1 aliphatic carbocycles. The summed E-state index contributed by atoms with van der Waals surface area (Å²) in [5.41, 5.74) is -1.66. The zero-order chi connectivity index (χ0) is 61.5. The lowest BCUT2D eigenvalue weighted by Crippen LogP contribution is -2.59. The van der Waals surface area contributed by atoms with Gasteiger partial charge in [0.05, 0.1) is 71.8 Å². The number of phenols is 2. The second-order valence-corrected chi connectivity index (χ2v) is 23.7. The molecule has 8 N–H and O–H groups in total. The Labute approximate surface area is 486 Å². The van der Waals surface area contributed by atoms with Crippen LogP contribution in [-0.4, -0.2) is 225 Å². The molecule has 5 saturated heterocycles. The number of esters is 2. The summed E-state index contributed by atoms with van der Waals surface area (Å²) >= 11 is 0. The molecule has 0 saturated carbocycles. The molecule has 0 spiro atoms. The molecule has 2 aromatic carbocycles. The number of hydrogen-bond donors (Lipinski definition) is 8. The molecular formula is C58H84O26. The Morgan fingerprint density at radius 3 is 1.81 bits per heavy atom. The minimum absolute atomic E-state index is 0.0249. The number of carbonyl (C=O) groups excluding carboxylic acids is 4. The summed E-state index contributed by atoms with van der Waals surface area (Å²) < 4.78 is 84.3. The van der Waals surface area contributed by atoms with Gasteiger partial charge in [0.1, 0.15) is 65.6 Å². The Morgan fingerprint density at radius 1 is 0.690 bits per heavy atom. The third-order valence-electron chi connectivity index (χ3n) is 16.7. The molecule has 26 heteroatoms. The number of carbonyl (C=O) groups is 4. The molecule has 6 aliphatic rings. The number of aliphatic hydroxyl groups excluding tert-OH is 5. The van der Waals surface area contributed by atoms with Gasteiger partial charge in [0.2, 0.25) is 6.29 Å². The van der Waals surface area contributed by atoms with Crippen LogP contribution in [0, 0.1) is 11.8 Å². The van der Waals surface area contributed by atoms with Crippen LogP contribution in [0.3, 0.4) is 0 Å². The number of hydrogen-bond acceptors (Lipinski definition) is 26. The van der Waals surface area contributed by atoms with Crippen molar-refractivity contribution in [2.45, 2.75) is 255 Å². The Morgan fingerprint density at radius 2 is 1.24 bits per heavy atom. The van der Waals surface area contributed by atoms with E-state index < -0.39 is 194 Å². The van der Waals surface area contributed by atoms with Gasteiger partial charge in [-0.2, -0.15) is 0 Å². The Balaban J connectivity index is 1.02. The van der Waals surface area contributed by atoms with Gasteiger partial charge in [-0.1, -0.05) is 13.8 Å². The Bertz CT molecular complexity index is 2620. The molecule has 2 aromatic rings. The monoisotopic (exact) mass is 1200 g/mol. The molecule has 5 fully saturated rings. The molecule has 5 heterocycles. The smallest absolute Gasteiger partial charge is 0.308 e. The van der Waals surface area contributed by atoms with Gasteiger partial charge in [0.25, 0.3) is 0 Å². The van der Waals surface area contributed by atoms with Crippen molar-refractivity contribution in [3.05, 3.63) is 29.3 Å². The van der Waals surface area contributed by atoms with E-state index in [2.05, 4.69) is 0 Å². The highest BCUT2D eigenvalue weighted by Crippen LogP contribution is 2.46. The lowest BCUT2D eigenvalue weighted by molar-refractivity contribution is -0.334. The van der Waals surface area contributed by atoms with Crippen LogP contribution in [0.4, 0.5) is 0 Å². The standard InChI is InChI=1S/C58H84O26/c1-22(2)57(69)84-56-28(8)77-43(21-58(56,10)70)81-37-18-41(73-24(4)48(37)65)80-36-19-42(74-25(5)47(36)64)83-55-33(54(72-12)51(68)46(63)23(3)59)15-31-13-30-14-32(16-34(61)44(30)49(66)45(31)50(55)67)79-40-20-38(53(27(7)76-40)78-29(9)60)82-39-17-35(62)52(71-11)26(6)75-39/h13-14,16,22-28,33,35-43,46-48,52-56,59,61-66,70H,15,17-21H2,1-12H3/t23-,24-,25-,26-,27-,28+,33+,35-,36-,37-,38-,39-,40-,41+,42+,43+,46+,47-,48-,52+,53+,54+,55+,56+,58+/m1/s1. The van der Waals surface area contributed by atoms with Crippen molar-refractivity contribution in [2.75, 3.05) is 14.2 Å². The fourth-order valence-electron chi connectivity index (χ4n) is 12.3. The van der Waals surface area contributed by atoms with Crippen LogP contribution in [0.25, 0.3) is 10.8 Å². The summed E-state index contributed by atoms with van der Waals surface area (Å²) in [7, 11) is 2.64. The number of benzene rings is 2. The quantitative estimate of drug-likeness (QED) is 0.0931. The number of ether oxygens (including phenoxy) is 14. The van der Waals surface area contributed by atoms with Crippen molar-refractivity contribution in [3.63, 3.8) is 0 Å². The minimum Gasteiger partial charge on any atom is -0.507 e. The van der Waals surface area contributed by atoms with E-state index in [1.54, 1.807) is 41.5 Å². The fraction of sp³-hybridized carbons (Fsp3) is 0.759. The van der Waals surface area contributed by atoms with E-state index in [4.69, 9.17) is 66.3 Å². The van der Waals surface area contributed by atoms with Gasteiger partial charge in [0.15, 0.2) is 48.9 Å². The number of rotatable bonds is 19. The highest BCUT2D eigenvalue weighted by Gasteiger charge is 2.53. The molecule has 25 atom stereocenters. The van der Waals surface area contributed by atoms with Gasteiger partial charge >= 0.3 is 11.9 Å². The Kier molecular flexibility index (Phi) is 21.1. The van der Waals surface area contributed by atoms with Crippen molar-refractivity contribution in [1.82, 2.24) is 0 Å². The van der Waals surface area contributed by atoms with Crippen molar-refractivity contribution < 1.29 is 126 Å². The first-order valence-electron chi connectivity index (χ1n) is 28.7. The van der Waals surface area contributed by atoms with Crippen LogP contribution >= 0.6 is 0 Å². The van der Waals surface area contributed by atoms with Crippen LogP contribution in [0.2, 0.25) is 0 Å². The maximum Gasteiger partial charge on any atom is 0.308 e. The van der Waals surface area contributed by atoms with E-state index in [9.17, 15) is 55.2 Å². The molecule has 84 heavy (non-hydrogen) atoms. The zero-order valence-corrected chi connectivity index (χ0v) is 49.3. The fourth-order valence-corrected chi connectivity index (χ4v) is 12.3. The van der Waals surface area contributed by atoms with E-state index in [0.29, 0.717) is 0 Å².